The zero-order valence-electron chi connectivity index (χ0n) is 24.3. The third-order valence-corrected chi connectivity index (χ3v) is 6.37. The molecule has 4 rings (SSSR count). The molecule has 12 nitrogen and oxygen atoms in total. The minimum Gasteiger partial charge on any atom is -0.475 e. The highest BCUT2D eigenvalue weighted by molar-refractivity contribution is 5.96. The summed E-state index contributed by atoms with van der Waals surface area (Å²) in [5.41, 5.74) is 2.62. The molecule has 0 aliphatic carbocycles. The molecule has 1 atom stereocenters. The quantitative estimate of drug-likeness (QED) is 0.177. The number of aromatic amines is 1. The number of carboxylic acid groups (broad SMARTS) is 1. The number of aliphatic carboxylic acids is 1. The number of halogens is 3. The maximum absolute atomic E-state index is 12.9. The number of H-pyrrole nitrogens is 1. The number of hydrogen-bond donors (Lipinski definition) is 4. The van der Waals surface area contributed by atoms with Crippen molar-refractivity contribution in [1.82, 2.24) is 25.8 Å². The Morgan fingerprint density at radius 3 is 2.20 bits per heavy atom. The smallest absolute Gasteiger partial charge is 0.475 e. The van der Waals surface area contributed by atoms with Gasteiger partial charge in [-0.3, -0.25) is 14.7 Å². The average molecular weight is 630 g/mol. The van der Waals surface area contributed by atoms with Crippen LogP contribution in [0.25, 0.3) is 22.7 Å². The molecule has 0 spiro atoms. The zero-order valence-corrected chi connectivity index (χ0v) is 24.3. The molecule has 1 unspecified atom stereocenters. The van der Waals surface area contributed by atoms with Gasteiger partial charge < -0.3 is 24.9 Å². The summed E-state index contributed by atoms with van der Waals surface area (Å²) in [6.45, 7) is 4.02. The average Bonchev–Trinajstić information content (AvgIpc) is 3.74. The molecule has 2 aromatic heterocycles. The SMILES string of the molecule is CCC(CC)NC(=O)c1cnc(-c2cccc(-c3cc(C(=O)NC(C(=O)OC)c4ccccc4)[nH]n3)c2)o1.O=C(O)C(F)(F)F. The van der Waals surface area contributed by atoms with Gasteiger partial charge in [-0.15, -0.1) is 0 Å². The predicted octanol–water partition coefficient (Wildman–Crippen LogP) is 4.93. The number of nitrogens with one attached hydrogen (secondary N) is 3. The number of carbonyl (C=O) groups is 4. The van der Waals surface area contributed by atoms with Crippen molar-refractivity contribution in [2.75, 3.05) is 7.11 Å². The molecule has 2 aromatic carbocycles. The van der Waals surface area contributed by atoms with Gasteiger partial charge in [0.15, 0.2) is 6.04 Å². The van der Waals surface area contributed by atoms with Crippen molar-refractivity contribution in [3.63, 3.8) is 0 Å². The molecular weight excluding hydrogens is 599 g/mol. The van der Waals surface area contributed by atoms with E-state index in [-0.39, 0.29) is 23.4 Å². The summed E-state index contributed by atoms with van der Waals surface area (Å²) >= 11 is 0. The highest BCUT2D eigenvalue weighted by Gasteiger charge is 2.38. The predicted molar refractivity (Wildman–Crippen MR) is 154 cm³/mol. The van der Waals surface area contributed by atoms with E-state index >= 15 is 0 Å². The summed E-state index contributed by atoms with van der Waals surface area (Å²) in [7, 11) is 1.27. The second kappa shape index (κ2) is 15.3. The van der Waals surface area contributed by atoms with Crippen LogP contribution >= 0.6 is 0 Å². The Morgan fingerprint density at radius 2 is 1.60 bits per heavy atom. The Morgan fingerprint density at radius 1 is 0.956 bits per heavy atom. The maximum Gasteiger partial charge on any atom is 0.490 e. The van der Waals surface area contributed by atoms with Crippen molar-refractivity contribution < 1.29 is 46.6 Å². The van der Waals surface area contributed by atoms with E-state index in [2.05, 4.69) is 25.8 Å². The highest BCUT2D eigenvalue weighted by atomic mass is 19.4. The second-order valence-electron chi connectivity index (χ2n) is 9.41. The molecule has 0 saturated carbocycles. The molecule has 0 aliphatic rings. The van der Waals surface area contributed by atoms with Gasteiger partial charge in [0.05, 0.1) is 19.0 Å². The fraction of sp³-hybridized carbons (Fsp3) is 0.267. The minimum atomic E-state index is -5.08. The van der Waals surface area contributed by atoms with Crippen molar-refractivity contribution in [3.05, 3.63) is 83.9 Å². The molecule has 15 heteroatoms. The highest BCUT2D eigenvalue weighted by Crippen LogP contribution is 2.26. The van der Waals surface area contributed by atoms with E-state index < -0.39 is 30.1 Å². The number of benzene rings is 2. The number of ether oxygens (including phenoxy) is 1. The largest absolute Gasteiger partial charge is 0.490 e. The molecule has 2 heterocycles. The second-order valence-corrected chi connectivity index (χ2v) is 9.41. The fourth-order valence-corrected chi connectivity index (χ4v) is 3.91. The molecule has 4 aromatic rings. The number of aromatic nitrogens is 3. The molecular formula is C30H30F3N5O7. The van der Waals surface area contributed by atoms with Crippen LogP contribution in [0.1, 0.15) is 59.3 Å². The first kappa shape index (κ1) is 34.0. The Kier molecular flexibility index (Phi) is 11.6. The van der Waals surface area contributed by atoms with E-state index in [1.807, 2.05) is 26.0 Å². The van der Waals surface area contributed by atoms with Gasteiger partial charge in [-0.05, 0) is 36.6 Å². The Balaban J connectivity index is 0.000000707. The van der Waals surface area contributed by atoms with Crippen LogP contribution < -0.4 is 10.6 Å². The fourth-order valence-electron chi connectivity index (χ4n) is 3.91. The molecule has 2 amide bonds. The van der Waals surface area contributed by atoms with E-state index in [4.69, 9.17) is 19.1 Å². The van der Waals surface area contributed by atoms with E-state index in [0.29, 0.717) is 28.3 Å². The Labute approximate surface area is 255 Å². The van der Waals surface area contributed by atoms with Gasteiger partial charge in [-0.1, -0.05) is 56.3 Å². The summed E-state index contributed by atoms with van der Waals surface area (Å²) in [6.07, 6.45) is -2.03. The number of esters is 1. The van der Waals surface area contributed by atoms with Gasteiger partial charge in [-0.2, -0.15) is 18.3 Å². The standard InChI is InChI=1S/C28H29N5O5.C2HF3O2/c1-4-20(5-2)30-26(35)23-16-29-27(38-23)19-13-9-12-18(14-19)21-15-22(33-32-21)25(34)31-24(28(36)37-3)17-10-7-6-8-11-17;3-2(4,5)1(6)7/h6-16,20,24H,4-5H2,1-3H3,(H,30,35)(H,31,34)(H,32,33);(H,6,7). The van der Waals surface area contributed by atoms with E-state index in [0.717, 1.165) is 12.8 Å². The van der Waals surface area contributed by atoms with Crippen molar-refractivity contribution in [2.45, 2.75) is 44.9 Å². The molecule has 238 valence electrons. The van der Waals surface area contributed by atoms with Gasteiger partial charge in [-0.25, -0.2) is 14.6 Å². The lowest BCUT2D eigenvalue weighted by Gasteiger charge is -2.16. The number of oxazole rings is 1. The van der Waals surface area contributed by atoms with Crippen molar-refractivity contribution >= 4 is 23.8 Å². The zero-order chi connectivity index (χ0) is 33.1. The number of methoxy groups -OCH3 is 1. The summed E-state index contributed by atoms with van der Waals surface area (Å²) in [4.78, 5) is 50.8. The molecule has 0 saturated heterocycles. The number of nitrogens with zero attached hydrogens (tertiary/aromatic N) is 2. The third kappa shape index (κ3) is 9.26. The number of carboxylic acids is 1. The molecule has 4 N–H and O–H groups in total. The summed E-state index contributed by atoms with van der Waals surface area (Å²) in [6, 6.07) is 16.7. The Bertz CT molecular complexity index is 1620. The van der Waals surface area contributed by atoms with E-state index in [1.165, 1.54) is 13.3 Å². The first-order valence-electron chi connectivity index (χ1n) is 13.5. The van der Waals surface area contributed by atoms with E-state index in [1.54, 1.807) is 48.5 Å². The number of hydrogen-bond acceptors (Lipinski definition) is 8. The van der Waals surface area contributed by atoms with Crippen molar-refractivity contribution in [2.24, 2.45) is 0 Å². The minimum absolute atomic E-state index is 0.0704. The van der Waals surface area contributed by atoms with Crippen LogP contribution in [-0.4, -0.2) is 63.4 Å². The number of rotatable bonds is 10. The topological polar surface area (TPSA) is 177 Å². The molecule has 45 heavy (non-hydrogen) atoms. The van der Waals surface area contributed by atoms with Crippen LogP contribution in [0.15, 0.2) is 71.3 Å². The summed E-state index contributed by atoms with van der Waals surface area (Å²) in [5, 5.41) is 19.7. The summed E-state index contributed by atoms with van der Waals surface area (Å²) < 4.78 is 42.3. The summed E-state index contributed by atoms with van der Waals surface area (Å²) in [5.74, 6) is -3.74. The van der Waals surface area contributed by atoms with Crippen LogP contribution in [-0.2, 0) is 14.3 Å². The molecule has 0 fully saturated rings. The molecule has 0 aliphatic heterocycles. The number of alkyl halides is 3. The lowest BCUT2D eigenvalue weighted by Crippen LogP contribution is -2.34. The third-order valence-electron chi connectivity index (χ3n) is 6.37. The molecule has 0 radical (unpaired) electrons. The first-order valence-corrected chi connectivity index (χ1v) is 13.5. The lowest BCUT2D eigenvalue weighted by molar-refractivity contribution is -0.192. The van der Waals surface area contributed by atoms with E-state index in [9.17, 15) is 27.6 Å². The van der Waals surface area contributed by atoms with Crippen molar-refractivity contribution in [3.8, 4) is 22.7 Å². The van der Waals surface area contributed by atoms with Gasteiger partial charge in [0, 0.05) is 17.2 Å². The van der Waals surface area contributed by atoms with Crippen LogP contribution in [0.3, 0.4) is 0 Å². The van der Waals surface area contributed by atoms with Crippen LogP contribution in [0.2, 0.25) is 0 Å². The lowest BCUT2D eigenvalue weighted by atomic mass is 10.1. The first-order chi connectivity index (χ1) is 21.4. The van der Waals surface area contributed by atoms with Crippen LogP contribution in [0, 0.1) is 0 Å². The molecule has 0 bridgehead atoms. The van der Waals surface area contributed by atoms with Gasteiger partial charge in [0.25, 0.3) is 11.8 Å². The van der Waals surface area contributed by atoms with Crippen LogP contribution in [0.4, 0.5) is 13.2 Å². The van der Waals surface area contributed by atoms with Crippen LogP contribution in [0.5, 0.6) is 0 Å². The normalized spacial score (nSPS) is 11.6. The number of carbonyl (C=O) groups excluding carboxylic acids is 3. The van der Waals surface area contributed by atoms with Gasteiger partial charge in [0.2, 0.25) is 11.7 Å². The number of amides is 2. The van der Waals surface area contributed by atoms with Gasteiger partial charge >= 0.3 is 18.1 Å². The maximum atomic E-state index is 12.9. The van der Waals surface area contributed by atoms with Gasteiger partial charge in [0.1, 0.15) is 5.69 Å². The van der Waals surface area contributed by atoms with Crippen molar-refractivity contribution in [1.29, 1.82) is 0 Å². The monoisotopic (exact) mass is 629 g/mol. The Hall–Kier alpha value is -5.47.